The van der Waals surface area contributed by atoms with Crippen LogP contribution in [0.1, 0.15) is 25.0 Å². The highest BCUT2D eigenvalue weighted by Crippen LogP contribution is 2.30. The number of carboxylic acid groups (broad SMARTS) is 1. The molecule has 0 aliphatic heterocycles. The van der Waals surface area contributed by atoms with Gasteiger partial charge in [0.15, 0.2) is 13.2 Å². The maximum absolute atomic E-state index is 11.8. The van der Waals surface area contributed by atoms with Crippen molar-refractivity contribution in [3.8, 4) is 11.5 Å². The first-order chi connectivity index (χ1) is 13.7. The average molecular weight is 441 g/mol. The fourth-order valence-electron chi connectivity index (χ4n) is 2.44. The van der Waals surface area contributed by atoms with Gasteiger partial charge in [0, 0.05) is 27.6 Å². The minimum absolute atomic E-state index is 0.233. The molecular formula is C21H22Cl2O6. The van der Waals surface area contributed by atoms with Crippen molar-refractivity contribution in [2.75, 3.05) is 19.8 Å². The molecule has 8 heteroatoms. The molecule has 156 valence electrons. The van der Waals surface area contributed by atoms with Crippen LogP contribution in [0.3, 0.4) is 0 Å². The molecule has 0 atom stereocenters. The molecule has 0 aromatic heterocycles. The van der Waals surface area contributed by atoms with Gasteiger partial charge in [-0.05, 0) is 42.3 Å². The molecule has 2 aromatic carbocycles. The third-order valence-electron chi connectivity index (χ3n) is 3.70. The predicted octanol–water partition coefficient (Wildman–Crippen LogP) is 4.63. The zero-order valence-corrected chi connectivity index (χ0v) is 17.6. The van der Waals surface area contributed by atoms with Gasteiger partial charge in [-0.25, -0.2) is 9.59 Å². The van der Waals surface area contributed by atoms with Crippen molar-refractivity contribution in [1.82, 2.24) is 0 Å². The number of benzene rings is 2. The minimum atomic E-state index is -1.09. The van der Waals surface area contributed by atoms with Crippen LogP contribution in [0.15, 0.2) is 36.4 Å². The highest BCUT2D eigenvalue weighted by atomic mass is 35.5. The lowest BCUT2D eigenvalue weighted by atomic mass is 10.0. The van der Waals surface area contributed by atoms with Gasteiger partial charge in [-0.1, -0.05) is 37.0 Å². The van der Waals surface area contributed by atoms with Crippen molar-refractivity contribution in [1.29, 1.82) is 0 Å². The molecule has 0 radical (unpaired) electrons. The summed E-state index contributed by atoms with van der Waals surface area (Å²) in [7, 11) is 0. The Bertz CT molecular complexity index is 866. The zero-order chi connectivity index (χ0) is 21.4. The SMILES string of the molecule is CC(C)COC(=O)COc1ccc(Cl)cc1Cc1cc(Cl)ccc1OCC(=O)O. The number of carboxylic acids is 1. The summed E-state index contributed by atoms with van der Waals surface area (Å²) in [6.07, 6.45) is 0.312. The van der Waals surface area contributed by atoms with Crippen molar-refractivity contribution >= 4 is 35.1 Å². The van der Waals surface area contributed by atoms with Crippen LogP contribution < -0.4 is 9.47 Å². The van der Waals surface area contributed by atoms with Crippen molar-refractivity contribution in [2.45, 2.75) is 20.3 Å². The Balaban J connectivity index is 2.18. The van der Waals surface area contributed by atoms with Crippen LogP contribution in [0.2, 0.25) is 10.0 Å². The van der Waals surface area contributed by atoms with Gasteiger partial charge >= 0.3 is 11.9 Å². The second-order valence-corrected chi connectivity index (χ2v) is 7.60. The molecule has 2 aromatic rings. The molecule has 2 rings (SSSR count). The maximum atomic E-state index is 11.8. The second kappa shape index (κ2) is 10.9. The number of carbonyl (C=O) groups excluding carboxylic acids is 1. The standard InChI is InChI=1S/C21H22Cl2O6/c1-13(2)10-29-21(26)12-28-19-6-4-17(23)9-15(19)7-14-8-16(22)3-5-18(14)27-11-20(24)25/h3-6,8-9,13H,7,10-12H2,1-2H3,(H,24,25). The molecule has 0 unspecified atom stereocenters. The number of esters is 1. The van der Waals surface area contributed by atoms with Gasteiger partial charge in [-0.2, -0.15) is 0 Å². The zero-order valence-electron chi connectivity index (χ0n) is 16.1. The number of hydrogen-bond donors (Lipinski definition) is 1. The molecule has 0 aliphatic carbocycles. The highest BCUT2D eigenvalue weighted by molar-refractivity contribution is 6.31. The maximum Gasteiger partial charge on any atom is 0.344 e. The summed E-state index contributed by atoms with van der Waals surface area (Å²) in [5, 5.41) is 9.82. The third-order valence-corrected chi connectivity index (χ3v) is 4.17. The Hall–Kier alpha value is -2.44. The molecule has 0 saturated heterocycles. The molecule has 0 aliphatic rings. The summed E-state index contributed by atoms with van der Waals surface area (Å²) in [6.45, 7) is 3.50. The molecule has 0 heterocycles. The number of carbonyl (C=O) groups is 2. The Morgan fingerprint density at radius 3 is 1.93 bits per heavy atom. The molecule has 29 heavy (non-hydrogen) atoms. The van der Waals surface area contributed by atoms with E-state index >= 15 is 0 Å². The van der Waals surface area contributed by atoms with Crippen LogP contribution in [-0.2, 0) is 20.7 Å². The Labute approximate surface area is 179 Å². The van der Waals surface area contributed by atoms with E-state index in [-0.39, 0.29) is 12.5 Å². The summed E-state index contributed by atoms with van der Waals surface area (Å²) in [5.41, 5.74) is 1.35. The first kappa shape index (κ1) is 22.8. The van der Waals surface area contributed by atoms with Crippen LogP contribution in [0.5, 0.6) is 11.5 Å². The fraction of sp³-hybridized carbons (Fsp3) is 0.333. The van der Waals surface area contributed by atoms with Crippen LogP contribution in [0.4, 0.5) is 0 Å². The van der Waals surface area contributed by atoms with Gasteiger partial charge in [-0.15, -0.1) is 0 Å². The first-order valence-corrected chi connectivity index (χ1v) is 9.70. The lowest BCUT2D eigenvalue weighted by Crippen LogP contribution is -2.18. The largest absolute Gasteiger partial charge is 0.482 e. The Morgan fingerprint density at radius 2 is 1.45 bits per heavy atom. The van der Waals surface area contributed by atoms with Gasteiger partial charge in [0.1, 0.15) is 11.5 Å². The van der Waals surface area contributed by atoms with Gasteiger partial charge in [0.25, 0.3) is 0 Å². The van der Waals surface area contributed by atoms with E-state index < -0.39 is 18.5 Å². The van der Waals surface area contributed by atoms with Gasteiger partial charge in [0.05, 0.1) is 6.61 Å². The molecule has 0 fully saturated rings. The van der Waals surface area contributed by atoms with E-state index in [1.54, 1.807) is 36.4 Å². The number of hydrogen-bond acceptors (Lipinski definition) is 5. The molecule has 1 N–H and O–H groups in total. The van der Waals surface area contributed by atoms with E-state index in [1.807, 2.05) is 13.8 Å². The van der Waals surface area contributed by atoms with Crippen LogP contribution in [0.25, 0.3) is 0 Å². The van der Waals surface area contributed by atoms with E-state index in [1.165, 1.54) is 0 Å². The topological polar surface area (TPSA) is 82.1 Å². The van der Waals surface area contributed by atoms with Gasteiger partial charge < -0.3 is 19.3 Å². The van der Waals surface area contributed by atoms with Gasteiger partial charge in [-0.3, -0.25) is 0 Å². The van der Waals surface area contributed by atoms with Crippen LogP contribution in [0, 0.1) is 5.92 Å². The Morgan fingerprint density at radius 1 is 0.931 bits per heavy atom. The third kappa shape index (κ3) is 7.83. The normalized spacial score (nSPS) is 10.7. The summed E-state index contributed by atoms with van der Waals surface area (Å²) in [6, 6.07) is 9.92. The predicted molar refractivity (Wildman–Crippen MR) is 110 cm³/mol. The lowest BCUT2D eigenvalue weighted by Gasteiger charge is -2.15. The van der Waals surface area contributed by atoms with E-state index in [4.69, 9.17) is 42.5 Å². The lowest BCUT2D eigenvalue weighted by molar-refractivity contribution is -0.147. The highest BCUT2D eigenvalue weighted by Gasteiger charge is 2.14. The number of rotatable bonds is 10. The Kier molecular flexibility index (Phi) is 8.61. The molecule has 0 amide bonds. The average Bonchev–Trinajstić information content (AvgIpc) is 2.65. The molecule has 0 bridgehead atoms. The number of halogens is 2. The van der Waals surface area contributed by atoms with E-state index in [2.05, 4.69) is 0 Å². The van der Waals surface area contributed by atoms with E-state index in [0.717, 1.165) is 0 Å². The van der Waals surface area contributed by atoms with Crippen molar-refractivity contribution in [3.05, 3.63) is 57.6 Å². The first-order valence-electron chi connectivity index (χ1n) is 8.94. The van der Waals surface area contributed by atoms with E-state index in [0.29, 0.717) is 45.7 Å². The molecular weight excluding hydrogens is 419 g/mol. The fourth-order valence-corrected chi connectivity index (χ4v) is 2.83. The van der Waals surface area contributed by atoms with Gasteiger partial charge in [0.2, 0.25) is 0 Å². The minimum Gasteiger partial charge on any atom is -0.482 e. The monoisotopic (exact) mass is 440 g/mol. The summed E-state index contributed by atoms with van der Waals surface area (Å²) < 4.78 is 16.1. The van der Waals surface area contributed by atoms with Crippen LogP contribution >= 0.6 is 23.2 Å². The smallest absolute Gasteiger partial charge is 0.344 e. The molecule has 0 saturated carbocycles. The summed E-state index contributed by atoms with van der Waals surface area (Å²) in [4.78, 5) is 22.7. The summed E-state index contributed by atoms with van der Waals surface area (Å²) >= 11 is 12.2. The van der Waals surface area contributed by atoms with E-state index in [9.17, 15) is 9.59 Å². The van der Waals surface area contributed by atoms with Crippen molar-refractivity contribution in [3.63, 3.8) is 0 Å². The van der Waals surface area contributed by atoms with Crippen molar-refractivity contribution < 1.29 is 28.9 Å². The molecule has 0 spiro atoms. The quantitative estimate of drug-likeness (QED) is 0.542. The molecule has 6 nitrogen and oxygen atoms in total. The van der Waals surface area contributed by atoms with Crippen LogP contribution in [-0.4, -0.2) is 36.9 Å². The number of aliphatic carboxylic acids is 1. The second-order valence-electron chi connectivity index (χ2n) is 6.73. The number of ether oxygens (including phenoxy) is 3. The summed E-state index contributed by atoms with van der Waals surface area (Å²) in [5.74, 6) is -0.471. The van der Waals surface area contributed by atoms with Crippen molar-refractivity contribution in [2.24, 2.45) is 5.92 Å².